The van der Waals surface area contributed by atoms with Gasteiger partial charge in [0.2, 0.25) is 0 Å². The lowest BCUT2D eigenvalue weighted by Crippen LogP contribution is -2.34. The van der Waals surface area contributed by atoms with Crippen LogP contribution in [0.5, 0.6) is 0 Å². The van der Waals surface area contributed by atoms with Crippen LogP contribution in [0.3, 0.4) is 0 Å². The smallest absolute Gasteiger partial charge is 0.0948 e. The minimum Gasteiger partial charge on any atom is -0.333 e. The van der Waals surface area contributed by atoms with Crippen molar-refractivity contribution < 1.29 is 0 Å². The first-order valence-electron chi connectivity index (χ1n) is 6.13. The highest BCUT2D eigenvalue weighted by atomic mass is 15.2. The Morgan fingerprint density at radius 1 is 1.62 bits per heavy atom. The summed E-state index contributed by atoms with van der Waals surface area (Å²) in [6.45, 7) is 3.99. The lowest BCUT2D eigenvalue weighted by molar-refractivity contribution is 0.224. The van der Waals surface area contributed by atoms with Gasteiger partial charge in [0.1, 0.15) is 0 Å². The predicted octanol–water partition coefficient (Wildman–Crippen LogP) is 0.867. The molecular weight excluding hydrogens is 200 g/mol. The Bertz CT molecular complexity index is 330. The fraction of sp³-hybridized carbons (Fsp3) is 0.750. The zero-order chi connectivity index (χ0) is 11.5. The second-order valence-electron chi connectivity index (χ2n) is 4.82. The average molecular weight is 222 g/mol. The number of rotatable bonds is 6. The maximum Gasteiger partial charge on any atom is 0.0948 e. The van der Waals surface area contributed by atoms with Crippen LogP contribution in [0.25, 0.3) is 0 Å². The summed E-state index contributed by atoms with van der Waals surface area (Å²) in [6.07, 6.45) is 7.49. The first kappa shape index (κ1) is 11.6. The molecule has 4 heteroatoms. The molecule has 4 nitrogen and oxygen atoms in total. The average Bonchev–Trinajstić information content (AvgIpc) is 3.03. The van der Waals surface area contributed by atoms with Crippen molar-refractivity contribution in [1.82, 2.24) is 14.5 Å². The zero-order valence-corrected chi connectivity index (χ0v) is 10.3. The standard InChI is InChI=1S/C12H22N4/c1-10(15(2)11-3-4-11)8-16-9-14-7-12(16)5-6-13/h7,9-11H,3-6,8,13H2,1-2H3. The van der Waals surface area contributed by atoms with Crippen molar-refractivity contribution in [3.63, 3.8) is 0 Å². The number of nitrogens with two attached hydrogens (primary N) is 1. The maximum absolute atomic E-state index is 5.59. The van der Waals surface area contributed by atoms with Gasteiger partial charge in [-0.25, -0.2) is 4.98 Å². The second kappa shape index (κ2) is 4.97. The van der Waals surface area contributed by atoms with E-state index < -0.39 is 0 Å². The molecule has 0 amide bonds. The highest BCUT2D eigenvalue weighted by Gasteiger charge is 2.29. The Hall–Kier alpha value is -0.870. The van der Waals surface area contributed by atoms with Crippen molar-refractivity contribution in [2.75, 3.05) is 13.6 Å². The van der Waals surface area contributed by atoms with E-state index in [1.54, 1.807) is 0 Å². The molecule has 1 fully saturated rings. The Labute approximate surface area is 97.4 Å². The lowest BCUT2D eigenvalue weighted by Gasteiger charge is -2.25. The minimum atomic E-state index is 0.568. The molecule has 2 rings (SSSR count). The monoisotopic (exact) mass is 222 g/mol. The molecule has 0 spiro atoms. The summed E-state index contributed by atoms with van der Waals surface area (Å²) >= 11 is 0. The van der Waals surface area contributed by atoms with Crippen LogP contribution in [0.4, 0.5) is 0 Å². The van der Waals surface area contributed by atoms with E-state index >= 15 is 0 Å². The topological polar surface area (TPSA) is 47.1 Å². The largest absolute Gasteiger partial charge is 0.333 e. The van der Waals surface area contributed by atoms with E-state index in [0.29, 0.717) is 12.6 Å². The third-order valence-electron chi connectivity index (χ3n) is 3.48. The van der Waals surface area contributed by atoms with Gasteiger partial charge in [-0.15, -0.1) is 0 Å². The molecule has 1 aliphatic carbocycles. The molecule has 90 valence electrons. The number of hydrogen-bond donors (Lipinski definition) is 1. The fourth-order valence-electron chi connectivity index (χ4n) is 2.12. The van der Waals surface area contributed by atoms with E-state index in [0.717, 1.165) is 19.0 Å². The molecule has 0 saturated heterocycles. The summed E-state index contributed by atoms with van der Waals surface area (Å²) in [6, 6.07) is 1.38. The van der Waals surface area contributed by atoms with E-state index in [-0.39, 0.29) is 0 Å². The van der Waals surface area contributed by atoms with Gasteiger partial charge in [0, 0.05) is 36.9 Å². The Morgan fingerprint density at radius 3 is 3.00 bits per heavy atom. The minimum absolute atomic E-state index is 0.568. The molecule has 0 bridgehead atoms. The zero-order valence-electron chi connectivity index (χ0n) is 10.3. The van der Waals surface area contributed by atoms with Crippen molar-refractivity contribution in [3.05, 3.63) is 18.2 Å². The van der Waals surface area contributed by atoms with Crippen LogP contribution in [-0.4, -0.2) is 40.1 Å². The van der Waals surface area contributed by atoms with Crippen molar-refractivity contribution in [1.29, 1.82) is 0 Å². The van der Waals surface area contributed by atoms with E-state index in [2.05, 4.69) is 28.4 Å². The van der Waals surface area contributed by atoms with Gasteiger partial charge in [-0.3, -0.25) is 4.90 Å². The summed E-state index contributed by atoms with van der Waals surface area (Å²) in [4.78, 5) is 6.68. The molecule has 1 aliphatic rings. The molecule has 1 aromatic rings. The van der Waals surface area contributed by atoms with E-state index in [9.17, 15) is 0 Å². The van der Waals surface area contributed by atoms with Gasteiger partial charge < -0.3 is 10.3 Å². The molecule has 1 atom stereocenters. The van der Waals surface area contributed by atoms with Gasteiger partial charge in [0.25, 0.3) is 0 Å². The normalized spacial score (nSPS) is 18.0. The number of aromatic nitrogens is 2. The summed E-state index contributed by atoms with van der Waals surface area (Å²) in [5.74, 6) is 0. The summed E-state index contributed by atoms with van der Waals surface area (Å²) in [5.41, 5.74) is 6.83. The molecule has 2 N–H and O–H groups in total. The summed E-state index contributed by atoms with van der Waals surface area (Å²) in [5, 5.41) is 0. The predicted molar refractivity (Wildman–Crippen MR) is 65.2 cm³/mol. The molecule has 1 heterocycles. The lowest BCUT2D eigenvalue weighted by atomic mass is 10.2. The molecule has 1 unspecified atom stereocenters. The van der Waals surface area contributed by atoms with Crippen LogP contribution in [-0.2, 0) is 13.0 Å². The first-order chi connectivity index (χ1) is 7.72. The number of likely N-dealkylation sites (N-methyl/N-ethyl adjacent to an activating group) is 1. The molecule has 0 aliphatic heterocycles. The first-order valence-corrected chi connectivity index (χ1v) is 6.13. The van der Waals surface area contributed by atoms with Gasteiger partial charge in [-0.05, 0) is 33.4 Å². The highest BCUT2D eigenvalue weighted by molar-refractivity contribution is 4.99. The molecule has 1 aromatic heterocycles. The van der Waals surface area contributed by atoms with Crippen LogP contribution in [0.2, 0.25) is 0 Å². The Balaban J connectivity index is 1.93. The molecular formula is C12H22N4. The number of imidazole rings is 1. The van der Waals surface area contributed by atoms with Gasteiger partial charge in [0.05, 0.1) is 6.33 Å². The third-order valence-corrected chi connectivity index (χ3v) is 3.48. The second-order valence-corrected chi connectivity index (χ2v) is 4.82. The van der Waals surface area contributed by atoms with Crippen LogP contribution in [0.1, 0.15) is 25.5 Å². The Morgan fingerprint density at radius 2 is 2.38 bits per heavy atom. The van der Waals surface area contributed by atoms with E-state index in [1.165, 1.54) is 18.5 Å². The molecule has 1 saturated carbocycles. The van der Waals surface area contributed by atoms with Gasteiger partial charge in [-0.1, -0.05) is 0 Å². The fourth-order valence-corrected chi connectivity index (χ4v) is 2.12. The quantitative estimate of drug-likeness (QED) is 0.777. The third kappa shape index (κ3) is 2.62. The van der Waals surface area contributed by atoms with Crippen molar-refractivity contribution in [2.24, 2.45) is 5.73 Å². The number of hydrogen-bond acceptors (Lipinski definition) is 3. The maximum atomic E-state index is 5.59. The number of nitrogens with zero attached hydrogens (tertiary/aromatic N) is 3. The summed E-state index contributed by atoms with van der Waals surface area (Å²) in [7, 11) is 2.22. The highest BCUT2D eigenvalue weighted by Crippen LogP contribution is 2.27. The van der Waals surface area contributed by atoms with E-state index in [4.69, 9.17) is 5.73 Å². The molecule has 16 heavy (non-hydrogen) atoms. The van der Waals surface area contributed by atoms with Crippen LogP contribution in [0, 0.1) is 0 Å². The van der Waals surface area contributed by atoms with Gasteiger partial charge in [0.15, 0.2) is 0 Å². The molecule has 0 aromatic carbocycles. The van der Waals surface area contributed by atoms with Crippen molar-refractivity contribution >= 4 is 0 Å². The van der Waals surface area contributed by atoms with Crippen molar-refractivity contribution in [2.45, 2.75) is 44.8 Å². The SMILES string of the molecule is CC(Cn1cncc1CCN)N(C)C1CC1. The van der Waals surface area contributed by atoms with E-state index in [1.807, 2.05) is 12.5 Å². The Kier molecular flexibility index (Phi) is 3.61. The molecule has 0 radical (unpaired) electrons. The van der Waals surface area contributed by atoms with Gasteiger partial charge in [-0.2, -0.15) is 0 Å². The van der Waals surface area contributed by atoms with Gasteiger partial charge >= 0.3 is 0 Å². The van der Waals surface area contributed by atoms with Crippen molar-refractivity contribution in [3.8, 4) is 0 Å². The van der Waals surface area contributed by atoms with Crippen LogP contribution in [0.15, 0.2) is 12.5 Å². The summed E-state index contributed by atoms with van der Waals surface area (Å²) < 4.78 is 2.23. The van der Waals surface area contributed by atoms with Crippen LogP contribution >= 0.6 is 0 Å². The van der Waals surface area contributed by atoms with Crippen LogP contribution < -0.4 is 5.73 Å².